The highest BCUT2D eigenvalue weighted by atomic mass is 32.2. The summed E-state index contributed by atoms with van der Waals surface area (Å²) in [4.78, 5) is 7.53. The molecule has 0 atom stereocenters. The fraction of sp³-hybridized carbons (Fsp3) is 0.600. The topological polar surface area (TPSA) is 119 Å². The number of rotatable bonds is 6. The van der Waals surface area contributed by atoms with E-state index in [4.69, 9.17) is 10.6 Å². The van der Waals surface area contributed by atoms with Crippen LogP contribution in [0.5, 0.6) is 0 Å². The van der Waals surface area contributed by atoms with Gasteiger partial charge in [0.1, 0.15) is 4.90 Å². The fourth-order valence-electron chi connectivity index (χ4n) is 1.86. The first kappa shape index (κ1) is 14.1. The van der Waals surface area contributed by atoms with Crippen molar-refractivity contribution >= 4 is 16.0 Å². The normalized spacial score (nSPS) is 17.8. The molecule has 0 aliphatic heterocycles. The Hall–Kier alpha value is -1.29. The number of nitrogens with two attached hydrogens (primary N) is 1. The third kappa shape index (κ3) is 3.00. The second-order valence-corrected chi connectivity index (χ2v) is 6.22. The van der Waals surface area contributed by atoms with Crippen molar-refractivity contribution in [2.75, 3.05) is 19.1 Å². The Morgan fingerprint density at radius 3 is 2.47 bits per heavy atom. The van der Waals surface area contributed by atoms with Crippen molar-refractivity contribution in [3.05, 3.63) is 12.4 Å². The average Bonchev–Trinajstić information content (AvgIpc) is 2.38. The molecule has 1 fully saturated rings. The maximum atomic E-state index is 12.0. The van der Waals surface area contributed by atoms with Crippen LogP contribution in [0.1, 0.15) is 19.3 Å². The number of hydrazine groups is 1. The van der Waals surface area contributed by atoms with Gasteiger partial charge in [0.05, 0.1) is 18.0 Å². The Bertz CT molecular complexity index is 521. The predicted octanol–water partition coefficient (Wildman–Crippen LogP) is -0.390. The molecule has 0 radical (unpaired) electrons. The summed E-state index contributed by atoms with van der Waals surface area (Å²) in [5.41, 5.74) is 1.86. The molecular weight excluding hydrogens is 270 g/mol. The van der Waals surface area contributed by atoms with Gasteiger partial charge in [-0.1, -0.05) is 0 Å². The molecule has 0 aromatic carbocycles. The highest BCUT2D eigenvalue weighted by Crippen LogP contribution is 2.34. The van der Waals surface area contributed by atoms with E-state index in [0.29, 0.717) is 0 Å². The van der Waals surface area contributed by atoms with E-state index in [1.165, 1.54) is 12.4 Å². The molecule has 1 aliphatic rings. The number of nitrogen functional groups attached to an aromatic ring is 1. The van der Waals surface area contributed by atoms with Gasteiger partial charge in [0, 0.05) is 13.7 Å². The molecular formula is C10H17N5O3S. The molecule has 1 aromatic rings. The zero-order valence-corrected chi connectivity index (χ0v) is 11.4. The van der Waals surface area contributed by atoms with Crippen LogP contribution in [0, 0.1) is 0 Å². The van der Waals surface area contributed by atoms with Crippen molar-refractivity contribution in [3.8, 4) is 0 Å². The quantitative estimate of drug-likeness (QED) is 0.481. The fourth-order valence-corrected chi connectivity index (χ4v) is 2.87. The van der Waals surface area contributed by atoms with Crippen molar-refractivity contribution in [1.82, 2.24) is 14.7 Å². The van der Waals surface area contributed by atoms with E-state index in [0.717, 1.165) is 19.3 Å². The van der Waals surface area contributed by atoms with Gasteiger partial charge in [0.25, 0.3) is 0 Å². The Kier molecular flexibility index (Phi) is 3.99. The van der Waals surface area contributed by atoms with Crippen LogP contribution in [0.4, 0.5) is 5.95 Å². The minimum atomic E-state index is -3.63. The summed E-state index contributed by atoms with van der Waals surface area (Å²) in [6.07, 6.45) is 5.17. The highest BCUT2D eigenvalue weighted by molar-refractivity contribution is 7.89. The number of nitrogens with zero attached hydrogens (tertiary/aromatic N) is 2. The van der Waals surface area contributed by atoms with Crippen LogP contribution in [0.3, 0.4) is 0 Å². The number of nitrogens with one attached hydrogen (secondary N) is 2. The summed E-state index contributed by atoms with van der Waals surface area (Å²) in [5, 5.41) is 0. The van der Waals surface area contributed by atoms with Crippen molar-refractivity contribution in [1.29, 1.82) is 0 Å². The maximum Gasteiger partial charge on any atom is 0.243 e. The van der Waals surface area contributed by atoms with Crippen LogP contribution in [-0.4, -0.2) is 37.6 Å². The van der Waals surface area contributed by atoms with Crippen molar-refractivity contribution in [2.24, 2.45) is 5.84 Å². The van der Waals surface area contributed by atoms with Crippen LogP contribution >= 0.6 is 0 Å². The molecule has 19 heavy (non-hydrogen) atoms. The van der Waals surface area contributed by atoms with Gasteiger partial charge >= 0.3 is 0 Å². The van der Waals surface area contributed by atoms with E-state index in [1.807, 2.05) is 0 Å². The standard InChI is InChI=1S/C10H17N5O3S/c1-18-10(3-2-4-10)7-14-19(16,17)8-5-12-9(15-11)13-6-8/h5-6,14H,2-4,7,11H2,1H3,(H,12,13,15). The van der Waals surface area contributed by atoms with Crippen LogP contribution in [-0.2, 0) is 14.8 Å². The lowest BCUT2D eigenvalue weighted by molar-refractivity contribution is -0.0659. The highest BCUT2D eigenvalue weighted by Gasteiger charge is 2.38. The van der Waals surface area contributed by atoms with Crippen molar-refractivity contribution < 1.29 is 13.2 Å². The summed E-state index contributed by atoms with van der Waals surface area (Å²) in [5.74, 6) is 5.27. The molecule has 0 saturated heterocycles. The number of methoxy groups -OCH3 is 1. The van der Waals surface area contributed by atoms with Gasteiger partial charge in [-0.3, -0.25) is 5.43 Å². The molecule has 2 rings (SSSR count). The Balaban J connectivity index is 2.05. The largest absolute Gasteiger partial charge is 0.377 e. The molecule has 1 aliphatic carbocycles. The number of sulfonamides is 1. The van der Waals surface area contributed by atoms with Gasteiger partial charge in [-0.15, -0.1) is 0 Å². The van der Waals surface area contributed by atoms with Crippen LogP contribution in [0.15, 0.2) is 17.3 Å². The molecule has 0 amide bonds. The second-order valence-electron chi connectivity index (χ2n) is 4.45. The molecule has 9 heteroatoms. The van der Waals surface area contributed by atoms with Crippen LogP contribution < -0.4 is 16.0 Å². The molecule has 8 nitrogen and oxygen atoms in total. The van der Waals surface area contributed by atoms with Gasteiger partial charge in [0.2, 0.25) is 16.0 Å². The Labute approximate surface area is 111 Å². The third-order valence-electron chi connectivity index (χ3n) is 3.35. The molecule has 4 N–H and O–H groups in total. The van der Waals surface area contributed by atoms with E-state index in [9.17, 15) is 8.42 Å². The summed E-state index contributed by atoms with van der Waals surface area (Å²) in [6.45, 7) is 0.253. The number of ether oxygens (including phenoxy) is 1. The third-order valence-corrected chi connectivity index (χ3v) is 4.71. The zero-order valence-electron chi connectivity index (χ0n) is 10.6. The minimum Gasteiger partial charge on any atom is -0.377 e. The van der Waals surface area contributed by atoms with Crippen LogP contribution in [0.2, 0.25) is 0 Å². The first-order valence-corrected chi connectivity index (χ1v) is 7.33. The molecule has 0 unspecified atom stereocenters. The van der Waals surface area contributed by atoms with Gasteiger partial charge in [0.15, 0.2) is 0 Å². The van der Waals surface area contributed by atoms with E-state index >= 15 is 0 Å². The van der Waals surface area contributed by atoms with E-state index in [2.05, 4.69) is 20.1 Å². The lowest BCUT2D eigenvalue weighted by Gasteiger charge is -2.40. The summed E-state index contributed by atoms with van der Waals surface area (Å²) >= 11 is 0. The SMILES string of the molecule is COC1(CNS(=O)(=O)c2cnc(NN)nc2)CCC1. The van der Waals surface area contributed by atoms with E-state index < -0.39 is 10.0 Å². The predicted molar refractivity (Wildman–Crippen MR) is 68.6 cm³/mol. The monoisotopic (exact) mass is 287 g/mol. The van der Waals surface area contributed by atoms with Gasteiger partial charge < -0.3 is 4.74 Å². The number of hydrogen-bond acceptors (Lipinski definition) is 7. The molecule has 106 valence electrons. The molecule has 1 aromatic heterocycles. The summed E-state index contributed by atoms with van der Waals surface area (Å²) < 4.78 is 32.0. The first-order valence-electron chi connectivity index (χ1n) is 5.85. The smallest absolute Gasteiger partial charge is 0.243 e. The lowest BCUT2D eigenvalue weighted by Crippen LogP contribution is -2.49. The van der Waals surface area contributed by atoms with Gasteiger partial charge in [-0.2, -0.15) is 0 Å². The van der Waals surface area contributed by atoms with Crippen LogP contribution in [0.25, 0.3) is 0 Å². The maximum absolute atomic E-state index is 12.0. The number of anilines is 1. The minimum absolute atomic E-state index is 0.00271. The molecule has 1 saturated carbocycles. The molecule has 0 spiro atoms. The van der Waals surface area contributed by atoms with E-state index in [1.54, 1.807) is 7.11 Å². The van der Waals surface area contributed by atoms with Crippen molar-refractivity contribution in [3.63, 3.8) is 0 Å². The average molecular weight is 287 g/mol. The number of hydrogen-bond donors (Lipinski definition) is 3. The molecule has 0 bridgehead atoms. The van der Waals surface area contributed by atoms with E-state index in [-0.39, 0.29) is 23.0 Å². The zero-order chi connectivity index (χ0) is 13.9. The van der Waals surface area contributed by atoms with Gasteiger partial charge in [-0.05, 0) is 19.3 Å². The summed E-state index contributed by atoms with van der Waals surface area (Å²) in [6, 6.07) is 0. The number of aromatic nitrogens is 2. The van der Waals surface area contributed by atoms with Gasteiger partial charge in [-0.25, -0.2) is 29.0 Å². The Morgan fingerprint density at radius 1 is 1.42 bits per heavy atom. The van der Waals surface area contributed by atoms with Crippen molar-refractivity contribution in [2.45, 2.75) is 29.8 Å². The molecule has 1 heterocycles. The lowest BCUT2D eigenvalue weighted by atomic mass is 9.80. The first-order chi connectivity index (χ1) is 9.01. The second kappa shape index (κ2) is 5.37. The Morgan fingerprint density at radius 2 is 2.05 bits per heavy atom. The summed E-state index contributed by atoms with van der Waals surface area (Å²) in [7, 11) is -2.03.